The van der Waals surface area contributed by atoms with Crippen LogP contribution in [0.5, 0.6) is 0 Å². The molecule has 5 atom stereocenters. The number of carbonyl (C=O) groups is 4. The number of ether oxygens (including phenoxy) is 2. The van der Waals surface area contributed by atoms with Gasteiger partial charge in [0, 0.05) is 32.0 Å². The second-order valence-corrected chi connectivity index (χ2v) is 16.8. The van der Waals surface area contributed by atoms with Gasteiger partial charge >= 0.3 is 6.09 Å². The van der Waals surface area contributed by atoms with E-state index in [-0.39, 0.29) is 47.6 Å². The van der Waals surface area contributed by atoms with E-state index in [0.717, 1.165) is 65.1 Å². The number of amides is 4. The van der Waals surface area contributed by atoms with Crippen molar-refractivity contribution in [1.82, 2.24) is 40.4 Å². The Morgan fingerprint density at radius 1 is 0.823 bits per heavy atom. The Bertz CT molecular complexity index is 2290. The molecule has 326 valence electrons. The number of nitrogens with one attached hydrogen (secondary N) is 4. The molecule has 62 heavy (non-hydrogen) atoms. The van der Waals surface area contributed by atoms with Crippen molar-refractivity contribution in [2.45, 2.75) is 77.0 Å². The molecule has 1 aliphatic carbocycles. The van der Waals surface area contributed by atoms with Gasteiger partial charge in [-0.15, -0.1) is 0 Å². The molecule has 2 aliphatic heterocycles. The number of aromatic nitrogens is 4. The average Bonchev–Trinajstić information content (AvgIpc) is 3.67. The van der Waals surface area contributed by atoms with E-state index in [1.165, 1.54) is 7.11 Å². The summed E-state index contributed by atoms with van der Waals surface area (Å²) >= 11 is 0. The summed E-state index contributed by atoms with van der Waals surface area (Å²) in [4.78, 5) is 72.9. The van der Waals surface area contributed by atoms with Crippen LogP contribution in [0.1, 0.15) is 76.6 Å². The lowest BCUT2D eigenvalue weighted by Crippen LogP contribution is -2.51. The number of hydrogen-bond acceptors (Lipinski definition) is 8. The number of H-pyrrole nitrogens is 2. The molecule has 1 saturated carbocycles. The molecule has 14 heteroatoms. The minimum atomic E-state index is -0.886. The van der Waals surface area contributed by atoms with E-state index >= 15 is 0 Å². The lowest BCUT2D eigenvalue weighted by Gasteiger charge is -2.30. The first-order valence-electron chi connectivity index (χ1n) is 21.5. The van der Waals surface area contributed by atoms with Gasteiger partial charge in [-0.05, 0) is 72.8 Å². The largest absolute Gasteiger partial charge is 0.453 e. The zero-order valence-electron chi connectivity index (χ0n) is 36.2. The third-order valence-corrected chi connectivity index (χ3v) is 12.0. The number of imidazole rings is 2. The highest BCUT2D eigenvalue weighted by Gasteiger charge is 2.42. The van der Waals surface area contributed by atoms with Crippen LogP contribution in [0, 0.1) is 17.8 Å². The van der Waals surface area contributed by atoms with Crippen LogP contribution in [0.25, 0.3) is 33.6 Å². The van der Waals surface area contributed by atoms with Gasteiger partial charge in [-0.2, -0.15) is 0 Å². The molecule has 14 nitrogen and oxygen atoms in total. The van der Waals surface area contributed by atoms with Crippen molar-refractivity contribution in [3.8, 4) is 33.6 Å². The van der Waals surface area contributed by atoms with E-state index in [4.69, 9.17) is 14.5 Å². The van der Waals surface area contributed by atoms with Crippen LogP contribution < -0.4 is 10.6 Å². The van der Waals surface area contributed by atoms with Gasteiger partial charge in [-0.25, -0.2) is 14.8 Å². The van der Waals surface area contributed by atoms with E-state index in [0.29, 0.717) is 37.5 Å². The maximum absolute atomic E-state index is 14.3. The standard InChI is InChI=1S/C48H58N8O6/c1-7-8-9-11-30(4)42(53-45(57)36-21-22-36)47(59)56-27-31(28-61-5)24-40(56)44-50-26-38(52-44)35-19-15-33(16-20-35)32-13-17-34(18-14-32)37-25-49-43(51-37)39-12-10-23-55(39)46(58)41(29(2)3)54-48(60)62-6/h7-9,11,13-20,25-26,29,31,36,39-42H,4,10,12,21-24,27-28H2,1-3,5-6H3,(H,49,51)(H,50,52)(H,53,57)(H,54,60)/b8-7-,11-9-/t31-,39-,40-,41-,42+/m0/s1. The van der Waals surface area contributed by atoms with Gasteiger partial charge < -0.3 is 39.9 Å². The molecular formula is C48H58N8O6. The maximum atomic E-state index is 14.3. The quantitative estimate of drug-likeness (QED) is 0.0851. The molecule has 2 saturated heterocycles. The van der Waals surface area contributed by atoms with Crippen molar-refractivity contribution in [1.29, 1.82) is 0 Å². The van der Waals surface area contributed by atoms with Crippen LogP contribution in [-0.2, 0) is 23.9 Å². The van der Waals surface area contributed by atoms with E-state index < -0.39 is 18.2 Å². The summed E-state index contributed by atoms with van der Waals surface area (Å²) in [5.41, 5.74) is 6.22. The Hall–Kier alpha value is -6.28. The van der Waals surface area contributed by atoms with Gasteiger partial charge in [-0.3, -0.25) is 14.4 Å². The number of likely N-dealkylation sites (tertiary alicyclic amines) is 2. The van der Waals surface area contributed by atoms with Gasteiger partial charge in [0.15, 0.2) is 0 Å². The molecule has 4 N–H and O–H groups in total. The molecule has 3 fully saturated rings. The smallest absolute Gasteiger partial charge is 0.407 e. The van der Waals surface area contributed by atoms with Gasteiger partial charge in [-0.1, -0.05) is 93.3 Å². The van der Waals surface area contributed by atoms with Crippen LogP contribution in [0.4, 0.5) is 4.79 Å². The van der Waals surface area contributed by atoms with Crippen LogP contribution in [0.15, 0.2) is 97.4 Å². The van der Waals surface area contributed by atoms with Crippen molar-refractivity contribution in [3.63, 3.8) is 0 Å². The van der Waals surface area contributed by atoms with E-state index in [1.807, 2.05) is 43.9 Å². The highest BCUT2D eigenvalue weighted by Crippen LogP contribution is 2.38. The Morgan fingerprint density at radius 2 is 1.42 bits per heavy atom. The zero-order chi connectivity index (χ0) is 43.9. The summed E-state index contributed by atoms with van der Waals surface area (Å²) < 4.78 is 10.3. The minimum Gasteiger partial charge on any atom is -0.453 e. The van der Waals surface area contributed by atoms with Crippen LogP contribution in [0.3, 0.4) is 0 Å². The molecule has 2 aromatic heterocycles. The molecule has 4 amide bonds. The molecule has 0 unspecified atom stereocenters. The van der Waals surface area contributed by atoms with E-state index in [9.17, 15) is 19.2 Å². The lowest BCUT2D eigenvalue weighted by molar-refractivity contribution is -0.136. The predicted octanol–water partition coefficient (Wildman–Crippen LogP) is 7.30. The lowest BCUT2D eigenvalue weighted by atomic mass is 10.0. The molecule has 7 rings (SSSR count). The average molecular weight is 843 g/mol. The summed E-state index contributed by atoms with van der Waals surface area (Å²) in [5, 5.41) is 5.69. The highest BCUT2D eigenvalue weighted by molar-refractivity contribution is 5.92. The number of aromatic amines is 2. The van der Waals surface area contributed by atoms with E-state index in [1.54, 1.807) is 30.5 Å². The third kappa shape index (κ3) is 9.91. The number of methoxy groups -OCH3 is 2. The summed E-state index contributed by atoms with van der Waals surface area (Å²) in [6, 6.07) is 14.4. The number of carbonyl (C=O) groups excluding carboxylic acids is 4. The Morgan fingerprint density at radius 3 is 1.97 bits per heavy atom. The summed E-state index contributed by atoms with van der Waals surface area (Å²) in [5.74, 6) is 0.862. The van der Waals surface area contributed by atoms with Crippen molar-refractivity contribution < 1.29 is 28.7 Å². The zero-order valence-corrected chi connectivity index (χ0v) is 36.2. The van der Waals surface area contributed by atoms with Crippen molar-refractivity contribution in [3.05, 3.63) is 109 Å². The molecule has 0 bridgehead atoms. The van der Waals surface area contributed by atoms with Crippen LogP contribution >= 0.6 is 0 Å². The summed E-state index contributed by atoms with van der Waals surface area (Å²) in [7, 11) is 2.95. The number of nitrogens with zero attached hydrogens (tertiary/aromatic N) is 4. The van der Waals surface area contributed by atoms with Crippen LogP contribution in [-0.4, -0.2) is 99.6 Å². The van der Waals surface area contributed by atoms with E-state index in [2.05, 4.69) is 80.7 Å². The van der Waals surface area contributed by atoms with Crippen molar-refractivity contribution in [2.24, 2.45) is 17.8 Å². The first kappa shape index (κ1) is 43.8. The number of alkyl carbamates (subject to hydrolysis) is 1. The third-order valence-electron chi connectivity index (χ3n) is 12.0. The van der Waals surface area contributed by atoms with Gasteiger partial charge in [0.25, 0.3) is 0 Å². The second-order valence-electron chi connectivity index (χ2n) is 16.8. The first-order valence-corrected chi connectivity index (χ1v) is 21.5. The second kappa shape index (κ2) is 19.6. The Balaban J connectivity index is 1.03. The number of rotatable bonds is 16. The normalized spacial score (nSPS) is 19.9. The maximum Gasteiger partial charge on any atom is 0.407 e. The molecule has 0 spiro atoms. The van der Waals surface area contributed by atoms with Crippen LogP contribution in [0.2, 0.25) is 0 Å². The highest BCUT2D eigenvalue weighted by atomic mass is 16.5. The van der Waals surface area contributed by atoms with Crippen molar-refractivity contribution >= 4 is 23.8 Å². The molecule has 4 aromatic rings. The topological polar surface area (TPSA) is 175 Å². The summed E-state index contributed by atoms with van der Waals surface area (Å²) in [6.45, 7) is 11.4. The fraction of sp³-hybridized carbons (Fsp3) is 0.417. The van der Waals surface area contributed by atoms with Gasteiger partial charge in [0.1, 0.15) is 23.7 Å². The number of benzene rings is 2. The van der Waals surface area contributed by atoms with Gasteiger partial charge in [0.2, 0.25) is 17.7 Å². The number of hydrogen-bond donors (Lipinski definition) is 4. The molecule has 3 aliphatic rings. The molecule has 4 heterocycles. The monoisotopic (exact) mass is 842 g/mol. The fourth-order valence-electron chi connectivity index (χ4n) is 8.44. The SMILES string of the molecule is C=C(/C=C\C=C/C)[C@@H](NC(=O)C1CC1)C(=O)N1C[C@@H](COC)C[C@H]1c1ncc(-c2ccc(-c3ccc(-c4cnc([C@@H]5CCCN5C(=O)[C@@H](NC(=O)OC)C(C)C)[nH]4)cc3)cc2)[nH]1. The van der Waals surface area contributed by atoms with Crippen molar-refractivity contribution in [2.75, 3.05) is 33.9 Å². The molecule has 0 radical (unpaired) electrons. The predicted molar refractivity (Wildman–Crippen MR) is 237 cm³/mol. The number of allylic oxidation sites excluding steroid dienone is 3. The van der Waals surface area contributed by atoms with Gasteiger partial charge in [0.05, 0.1) is 49.6 Å². The molecular weight excluding hydrogens is 785 g/mol. The summed E-state index contributed by atoms with van der Waals surface area (Å²) in [6.07, 6.45) is 14.3. The molecule has 2 aromatic carbocycles. The first-order chi connectivity index (χ1) is 30.0. The fourth-order valence-corrected chi connectivity index (χ4v) is 8.44. The Labute approximate surface area is 363 Å². The Kier molecular flexibility index (Phi) is 13.9. The minimum absolute atomic E-state index is 0.0549.